The molecule has 2 N–H and O–H groups in total. The van der Waals surface area contributed by atoms with Crippen molar-refractivity contribution in [3.05, 3.63) is 59.8 Å². The van der Waals surface area contributed by atoms with Crippen LogP contribution in [0.4, 0.5) is 22.7 Å². The maximum atomic E-state index is 13.0. The molecule has 0 unspecified atom stereocenters. The van der Waals surface area contributed by atoms with Crippen LogP contribution in [-0.4, -0.2) is 44.0 Å². The first-order valence-electron chi connectivity index (χ1n) is 11.5. The van der Waals surface area contributed by atoms with Crippen molar-refractivity contribution in [3.63, 3.8) is 0 Å². The molecule has 2 aromatic rings. The Morgan fingerprint density at radius 2 is 1.82 bits per heavy atom. The SMILES string of the molecule is CCOC(=O)CC1=CC(=O)N(CC(=O)Nc2ccc(N(CC)CC)cc2C)c2ccccc2N1. The number of carbonyl (C=O) groups excluding carboxylic acids is 3. The Kier molecular flexibility index (Phi) is 8.29. The molecule has 0 saturated carbocycles. The number of nitrogens with one attached hydrogen (secondary N) is 2. The summed E-state index contributed by atoms with van der Waals surface area (Å²) < 4.78 is 5.00. The number of esters is 1. The van der Waals surface area contributed by atoms with E-state index in [0.717, 1.165) is 24.3 Å². The summed E-state index contributed by atoms with van der Waals surface area (Å²) in [6.45, 7) is 9.78. The lowest BCUT2D eigenvalue weighted by molar-refractivity contribution is -0.142. The fraction of sp³-hybridized carbons (Fsp3) is 0.346. The molecule has 0 radical (unpaired) electrons. The first-order valence-corrected chi connectivity index (χ1v) is 11.5. The van der Waals surface area contributed by atoms with Crippen molar-refractivity contribution >= 4 is 40.5 Å². The van der Waals surface area contributed by atoms with Crippen molar-refractivity contribution in [2.45, 2.75) is 34.1 Å². The van der Waals surface area contributed by atoms with Gasteiger partial charge in [0.2, 0.25) is 5.91 Å². The van der Waals surface area contributed by atoms with E-state index in [-0.39, 0.29) is 31.4 Å². The lowest BCUT2D eigenvalue weighted by Gasteiger charge is -2.23. The summed E-state index contributed by atoms with van der Waals surface area (Å²) >= 11 is 0. The lowest BCUT2D eigenvalue weighted by Crippen LogP contribution is -2.37. The number of carbonyl (C=O) groups is 3. The minimum Gasteiger partial charge on any atom is -0.466 e. The topological polar surface area (TPSA) is 91.0 Å². The van der Waals surface area contributed by atoms with Crippen LogP contribution in [0.3, 0.4) is 0 Å². The van der Waals surface area contributed by atoms with Gasteiger partial charge >= 0.3 is 5.97 Å². The Morgan fingerprint density at radius 3 is 2.50 bits per heavy atom. The average Bonchev–Trinajstić information content (AvgIpc) is 2.92. The van der Waals surface area contributed by atoms with Crippen LogP contribution in [0.1, 0.15) is 32.8 Å². The van der Waals surface area contributed by atoms with Crippen LogP contribution in [0.2, 0.25) is 0 Å². The average molecular weight is 465 g/mol. The molecule has 1 aliphatic rings. The molecule has 180 valence electrons. The van der Waals surface area contributed by atoms with Gasteiger partial charge in [-0.3, -0.25) is 19.3 Å². The molecule has 8 nitrogen and oxygen atoms in total. The summed E-state index contributed by atoms with van der Waals surface area (Å²) in [6.07, 6.45) is 1.28. The minimum absolute atomic E-state index is 0.0635. The van der Waals surface area contributed by atoms with Crippen molar-refractivity contribution < 1.29 is 19.1 Å². The smallest absolute Gasteiger partial charge is 0.311 e. The van der Waals surface area contributed by atoms with E-state index in [1.807, 2.05) is 31.2 Å². The fourth-order valence-electron chi connectivity index (χ4n) is 3.90. The van der Waals surface area contributed by atoms with E-state index < -0.39 is 5.97 Å². The Labute approximate surface area is 200 Å². The van der Waals surface area contributed by atoms with Crippen LogP contribution < -0.4 is 20.4 Å². The largest absolute Gasteiger partial charge is 0.466 e. The first-order chi connectivity index (χ1) is 16.4. The Morgan fingerprint density at radius 1 is 1.09 bits per heavy atom. The third-order valence-corrected chi connectivity index (χ3v) is 5.61. The maximum Gasteiger partial charge on any atom is 0.311 e. The summed E-state index contributed by atoms with van der Waals surface area (Å²) in [5, 5.41) is 6.06. The number of nitrogens with zero attached hydrogens (tertiary/aromatic N) is 2. The van der Waals surface area contributed by atoms with Crippen molar-refractivity contribution in [2.75, 3.05) is 46.7 Å². The van der Waals surface area contributed by atoms with Gasteiger partial charge in [0.1, 0.15) is 6.54 Å². The van der Waals surface area contributed by atoms with E-state index >= 15 is 0 Å². The third kappa shape index (κ3) is 5.95. The highest BCUT2D eigenvalue weighted by molar-refractivity contribution is 6.10. The fourth-order valence-corrected chi connectivity index (χ4v) is 3.90. The molecule has 0 aromatic heterocycles. The quantitative estimate of drug-likeness (QED) is 0.544. The van der Waals surface area contributed by atoms with Crippen LogP contribution in [-0.2, 0) is 19.1 Å². The molecule has 34 heavy (non-hydrogen) atoms. The number of amides is 2. The number of ether oxygens (including phenoxy) is 1. The van der Waals surface area contributed by atoms with Gasteiger partial charge in [-0.1, -0.05) is 12.1 Å². The van der Waals surface area contributed by atoms with Crippen molar-refractivity contribution in [2.24, 2.45) is 0 Å². The second kappa shape index (κ2) is 11.4. The van der Waals surface area contributed by atoms with E-state index in [1.54, 1.807) is 25.1 Å². The maximum absolute atomic E-state index is 13.0. The summed E-state index contributed by atoms with van der Waals surface area (Å²) in [7, 11) is 0. The minimum atomic E-state index is -0.429. The molecule has 0 spiro atoms. The molecule has 8 heteroatoms. The van der Waals surface area contributed by atoms with Gasteiger partial charge in [0.05, 0.1) is 24.4 Å². The molecule has 0 atom stereocenters. The van der Waals surface area contributed by atoms with Gasteiger partial charge in [-0.25, -0.2) is 0 Å². The second-order valence-corrected chi connectivity index (χ2v) is 7.94. The summed E-state index contributed by atoms with van der Waals surface area (Å²) in [4.78, 5) is 41.6. The Hall–Kier alpha value is -3.81. The molecule has 2 amide bonds. The van der Waals surface area contributed by atoms with E-state index in [2.05, 4.69) is 29.4 Å². The van der Waals surface area contributed by atoms with E-state index in [4.69, 9.17) is 4.74 Å². The molecule has 0 fully saturated rings. The van der Waals surface area contributed by atoms with Crippen LogP contribution in [0.5, 0.6) is 0 Å². The summed E-state index contributed by atoms with van der Waals surface area (Å²) in [5.41, 5.74) is 4.36. The normalized spacial score (nSPS) is 12.8. The molecule has 3 rings (SSSR count). The highest BCUT2D eigenvalue weighted by Gasteiger charge is 2.25. The number of rotatable bonds is 9. The van der Waals surface area contributed by atoms with Crippen LogP contribution in [0.15, 0.2) is 54.2 Å². The van der Waals surface area contributed by atoms with Gasteiger partial charge in [0.25, 0.3) is 5.91 Å². The predicted octanol–water partition coefficient (Wildman–Crippen LogP) is 4.08. The molecule has 0 aliphatic carbocycles. The third-order valence-electron chi connectivity index (χ3n) is 5.61. The summed E-state index contributed by atoms with van der Waals surface area (Å²) in [6, 6.07) is 13.1. The van der Waals surface area contributed by atoms with Gasteiger partial charge in [0.15, 0.2) is 0 Å². The molecular weight excluding hydrogens is 432 g/mol. The van der Waals surface area contributed by atoms with E-state index in [9.17, 15) is 14.4 Å². The van der Waals surface area contributed by atoms with Gasteiger partial charge in [-0.2, -0.15) is 0 Å². The number of aryl methyl sites for hydroxylation is 1. The highest BCUT2D eigenvalue weighted by atomic mass is 16.5. The zero-order valence-corrected chi connectivity index (χ0v) is 20.2. The second-order valence-electron chi connectivity index (χ2n) is 7.94. The standard InChI is InChI=1S/C26H32N4O4/c1-5-29(6-2)20-12-13-21(18(4)14-20)28-24(31)17-30-23-11-9-8-10-22(23)27-19(15-25(30)32)16-26(33)34-7-3/h8-15,27H,5-7,16-17H2,1-4H3,(H,28,31). The van der Waals surface area contributed by atoms with Crippen molar-refractivity contribution in [3.8, 4) is 0 Å². The van der Waals surface area contributed by atoms with Gasteiger partial charge < -0.3 is 20.3 Å². The van der Waals surface area contributed by atoms with Gasteiger partial charge in [-0.05, 0) is 63.6 Å². The van der Waals surface area contributed by atoms with E-state index in [1.165, 1.54) is 11.0 Å². The Bertz CT molecular complexity index is 1090. The van der Waals surface area contributed by atoms with Crippen molar-refractivity contribution in [1.82, 2.24) is 0 Å². The van der Waals surface area contributed by atoms with Crippen LogP contribution in [0, 0.1) is 6.92 Å². The van der Waals surface area contributed by atoms with Crippen LogP contribution in [0.25, 0.3) is 0 Å². The van der Waals surface area contributed by atoms with Gasteiger partial charge in [-0.15, -0.1) is 0 Å². The number of anilines is 4. The zero-order valence-electron chi connectivity index (χ0n) is 20.2. The molecule has 1 heterocycles. The Balaban J connectivity index is 1.78. The molecule has 1 aliphatic heterocycles. The monoisotopic (exact) mass is 464 g/mol. The number of para-hydroxylation sites is 2. The number of benzene rings is 2. The molecule has 2 aromatic carbocycles. The number of fused-ring (bicyclic) bond motifs is 1. The first kappa shape index (κ1) is 24.8. The van der Waals surface area contributed by atoms with Crippen molar-refractivity contribution in [1.29, 1.82) is 0 Å². The zero-order chi connectivity index (χ0) is 24.7. The summed E-state index contributed by atoms with van der Waals surface area (Å²) in [5.74, 6) is -1.13. The van der Waals surface area contributed by atoms with Gasteiger partial charge in [0, 0.05) is 36.2 Å². The van der Waals surface area contributed by atoms with E-state index in [0.29, 0.717) is 22.8 Å². The highest BCUT2D eigenvalue weighted by Crippen LogP contribution is 2.31. The predicted molar refractivity (Wildman–Crippen MR) is 135 cm³/mol. The molecular formula is C26H32N4O4. The number of hydrogen-bond acceptors (Lipinski definition) is 6. The molecule has 0 bridgehead atoms. The molecule has 0 saturated heterocycles. The number of hydrogen-bond donors (Lipinski definition) is 2. The van der Waals surface area contributed by atoms with Crippen LogP contribution >= 0.6 is 0 Å². The lowest BCUT2D eigenvalue weighted by atomic mass is 10.1.